The van der Waals surface area contributed by atoms with E-state index in [0.717, 1.165) is 0 Å². The number of carbonyl (C=O) groups is 1. The normalized spacial score (nSPS) is 14.2. The molecule has 2 N–H and O–H groups in total. The standard InChI is InChI=1S/C5H8F3NO2/c1-2-3(6)5(7,8)11-4(9)10/h3H,2H2,1H3,(H2,9,10). The van der Waals surface area contributed by atoms with Crippen molar-refractivity contribution in [1.29, 1.82) is 0 Å². The third-order valence-corrected chi connectivity index (χ3v) is 0.960. The Morgan fingerprint density at radius 2 is 2.18 bits per heavy atom. The van der Waals surface area contributed by atoms with Crippen molar-refractivity contribution in [3.63, 3.8) is 0 Å². The van der Waals surface area contributed by atoms with Gasteiger partial charge in [-0.2, -0.15) is 8.78 Å². The quantitative estimate of drug-likeness (QED) is 0.698. The lowest BCUT2D eigenvalue weighted by Gasteiger charge is -2.17. The summed E-state index contributed by atoms with van der Waals surface area (Å²) in [6, 6.07) is 0. The van der Waals surface area contributed by atoms with Crippen LogP contribution < -0.4 is 5.73 Å². The number of rotatable bonds is 3. The van der Waals surface area contributed by atoms with E-state index in [-0.39, 0.29) is 0 Å². The van der Waals surface area contributed by atoms with Gasteiger partial charge in [0.2, 0.25) is 6.17 Å². The fourth-order valence-corrected chi connectivity index (χ4v) is 0.436. The van der Waals surface area contributed by atoms with Gasteiger partial charge in [0.15, 0.2) is 0 Å². The zero-order chi connectivity index (χ0) is 9.07. The van der Waals surface area contributed by atoms with E-state index in [1.807, 2.05) is 0 Å². The second kappa shape index (κ2) is 3.45. The van der Waals surface area contributed by atoms with Gasteiger partial charge >= 0.3 is 12.2 Å². The number of amides is 1. The molecular weight excluding hydrogens is 163 g/mol. The first-order valence-corrected chi connectivity index (χ1v) is 2.90. The van der Waals surface area contributed by atoms with Gasteiger partial charge in [-0.05, 0) is 6.42 Å². The molecule has 6 heteroatoms. The van der Waals surface area contributed by atoms with Crippen LogP contribution in [0.2, 0.25) is 0 Å². The molecule has 11 heavy (non-hydrogen) atoms. The molecule has 66 valence electrons. The molecule has 0 fully saturated rings. The number of primary amides is 1. The van der Waals surface area contributed by atoms with E-state index < -0.39 is 24.8 Å². The smallest absolute Gasteiger partial charge is 0.382 e. The van der Waals surface area contributed by atoms with Gasteiger partial charge in [0.25, 0.3) is 0 Å². The zero-order valence-corrected chi connectivity index (χ0v) is 5.81. The molecule has 0 saturated heterocycles. The number of nitrogens with two attached hydrogens (primary N) is 1. The van der Waals surface area contributed by atoms with Gasteiger partial charge < -0.3 is 10.5 Å². The molecule has 0 aromatic heterocycles. The highest BCUT2D eigenvalue weighted by molar-refractivity contribution is 5.64. The van der Waals surface area contributed by atoms with Gasteiger partial charge in [-0.1, -0.05) is 6.92 Å². The summed E-state index contributed by atoms with van der Waals surface area (Å²) in [5, 5.41) is 0. The van der Waals surface area contributed by atoms with Crippen molar-refractivity contribution in [2.24, 2.45) is 5.73 Å². The molecule has 0 saturated carbocycles. The molecule has 0 aromatic rings. The van der Waals surface area contributed by atoms with E-state index >= 15 is 0 Å². The molecule has 0 spiro atoms. The van der Waals surface area contributed by atoms with Crippen LogP contribution in [0.1, 0.15) is 13.3 Å². The van der Waals surface area contributed by atoms with Crippen LogP contribution in [0.15, 0.2) is 0 Å². The second-order valence-corrected chi connectivity index (χ2v) is 1.86. The Morgan fingerprint density at radius 3 is 2.45 bits per heavy atom. The molecule has 1 unspecified atom stereocenters. The highest BCUT2D eigenvalue weighted by Gasteiger charge is 2.43. The van der Waals surface area contributed by atoms with Crippen molar-refractivity contribution < 1.29 is 22.7 Å². The highest BCUT2D eigenvalue weighted by atomic mass is 19.3. The van der Waals surface area contributed by atoms with Crippen LogP contribution in [-0.2, 0) is 4.74 Å². The van der Waals surface area contributed by atoms with Crippen LogP contribution in [0.5, 0.6) is 0 Å². The minimum atomic E-state index is -4.11. The lowest BCUT2D eigenvalue weighted by atomic mass is 10.3. The molecule has 0 bridgehead atoms. The van der Waals surface area contributed by atoms with Gasteiger partial charge in [-0.25, -0.2) is 9.18 Å². The van der Waals surface area contributed by atoms with Crippen molar-refractivity contribution in [2.45, 2.75) is 25.6 Å². The Bertz CT molecular complexity index is 151. The van der Waals surface area contributed by atoms with Crippen LogP contribution in [0.25, 0.3) is 0 Å². The van der Waals surface area contributed by atoms with Crippen molar-refractivity contribution in [3.05, 3.63) is 0 Å². The van der Waals surface area contributed by atoms with E-state index in [1.54, 1.807) is 0 Å². The van der Waals surface area contributed by atoms with Crippen LogP contribution in [0.3, 0.4) is 0 Å². The first kappa shape index (κ1) is 10.1. The lowest BCUT2D eigenvalue weighted by molar-refractivity contribution is -0.236. The summed E-state index contributed by atoms with van der Waals surface area (Å²) in [5.74, 6) is 0. The average Bonchev–Trinajstić information content (AvgIpc) is 1.83. The Morgan fingerprint density at radius 1 is 1.73 bits per heavy atom. The number of carbonyl (C=O) groups excluding carboxylic acids is 1. The van der Waals surface area contributed by atoms with Crippen LogP contribution in [0, 0.1) is 0 Å². The number of hydrogen-bond donors (Lipinski definition) is 1. The Balaban J connectivity index is 4.08. The summed E-state index contributed by atoms with van der Waals surface area (Å²) in [6.45, 7) is 1.20. The Labute approximate surface area is 61.3 Å². The highest BCUT2D eigenvalue weighted by Crippen LogP contribution is 2.24. The number of ether oxygens (including phenoxy) is 1. The van der Waals surface area contributed by atoms with Crippen LogP contribution in [0.4, 0.5) is 18.0 Å². The molecule has 3 nitrogen and oxygen atoms in total. The van der Waals surface area contributed by atoms with Crippen LogP contribution in [-0.4, -0.2) is 18.4 Å². The number of hydrogen-bond acceptors (Lipinski definition) is 2. The Hall–Kier alpha value is -0.940. The van der Waals surface area contributed by atoms with E-state index in [1.165, 1.54) is 6.92 Å². The average molecular weight is 171 g/mol. The molecule has 0 aliphatic carbocycles. The lowest BCUT2D eigenvalue weighted by Crippen LogP contribution is -2.37. The third kappa shape index (κ3) is 3.10. The number of halogens is 3. The molecule has 0 heterocycles. The molecule has 0 rings (SSSR count). The van der Waals surface area contributed by atoms with E-state index in [9.17, 15) is 18.0 Å². The van der Waals surface area contributed by atoms with Gasteiger partial charge in [-0.15, -0.1) is 0 Å². The summed E-state index contributed by atoms with van der Waals surface area (Å²) in [6.07, 6.45) is -8.75. The van der Waals surface area contributed by atoms with E-state index in [4.69, 9.17) is 0 Å². The SMILES string of the molecule is CCC(F)C(F)(F)OC(N)=O. The zero-order valence-electron chi connectivity index (χ0n) is 5.81. The van der Waals surface area contributed by atoms with Gasteiger partial charge in [0.1, 0.15) is 0 Å². The maximum Gasteiger partial charge on any atom is 0.433 e. The first-order chi connectivity index (χ1) is 4.90. The summed E-state index contributed by atoms with van der Waals surface area (Å²) in [7, 11) is 0. The summed E-state index contributed by atoms with van der Waals surface area (Å²) >= 11 is 0. The van der Waals surface area contributed by atoms with Crippen molar-refractivity contribution in [1.82, 2.24) is 0 Å². The summed E-state index contributed by atoms with van der Waals surface area (Å²) in [5.41, 5.74) is 4.26. The molecular formula is C5H8F3NO2. The third-order valence-electron chi connectivity index (χ3n) is 0.960. The molecule has 0 radical (unpaired) electrons. The van der Waals surface area contributed by atoms with Gasteiger partial charge in [-0.3, -0.25) is 0 Å². The molecule has 0 aliphatic rings. The largest absolute Gasteiger partial charge is 0.433 e. The minimum absolute atomic E-state index is 0.444. The minimum Gasteiger partial charge on any atom is -0.382 e. The van der Waals surface area contributed by atoms with Crippen LogP contribution >= 0.6 is 0 Å². The van der Waals surface area contributed by atoms with Crippen molar-refractivity contribution in [3.8, 4) is 0 Å². The molecule has 1 amide bonds. The fraction of sp³-hybridized carbons (Fsp3) is 0.800. The first-order valence-electron chi connectivity index (χ1n) is 2.90. The van der Waals surface area contributed by atoms with Crippen molar-refractivity contribution >= 4 is 6.09 Å². The van der Waals surface area contributed by atoms with Gasteiger partial charge in [0.05, 0.1) is 0 Å². The fourth-order valence-electron chi connectivity index (χ4n) is 0.436. The number of alkyl halides is 3. The predicted molar refractivity (Wildman–Crippen MR) is 30.8 cm³/mol. The van der Waals surface area contributed by atoms with E-state index in [2.05, 4.69) is 10.5 Å². The molecule has 0 aromatic carbocycles. The monoisotopic (exact) mass is 171 g/mol. The maximum absolute atomic E-state index is 12.2. The van der Waals surface area contributed by atoms with Gasteiger partial charge in [0, 0.05) is 0 Å². The predicted octanol–water partition coefficient (Wildman–Crippen LogP) is 1.42. The molecule has 1 atom stereocenters. The van der Waals surface area contributed by atoms with E-state index in [0.29, 0.717) is 0 Å². The topological polar surface area (TPSA) is 52.3 Å². The Kier molecular flexibility index (Phi) is 3.16. The summed E-state index contributed by atoms with van der Waals surface area (Å²) < 4.78 is 39.7. The second-order valence-electron chi connectivity index (χ2n) is 1.86. The summed E-state index contributed by atoms with van der Waals surface area (Å²) in [4.78, 5) is 9.79. The molecule has 0 aliphatic heterocycles. The maximum atomic E-state index is 12.2. The van der Waals surface area contributed by atoms with Crippen molar-refractivity contribution in [2.75, 3.05) is 0 Å².